The van der Waals surface area contributed by atoms with E-state index in [0.29, 0.717) is 0 Å². The highest BCUT2D eigenvalue weighted by Gasteiger charge is 2.20. The Morgan fingerprint density at radius 3 is 2.62 bits per heavy atom. The number of ether oxygens (including phenoxy) is 1. The molecule has 1 aromatic carbocycles. The molecule has 0 aliphatic rings. The topological polar surface area (TPSA) is 69.4 Å². The van der Waals surface area contributed by atoms with Crippen LogP contribution in [0.4, 0.5) is 5.69 Å². The third-order valence-corrected chi connectivity index (χ3v) is 2.49. The number of carbonyl (C=O) groups is 1. The molecule has 16 heavy (non-hydrogen) atoms. The van der Waals surface area contributed by atoms with Gasteiger partial charge in [-0.3, -0.25) is 10.1 Å². The van der Waals surface area contributed by atoms with Gasteiger partial charge in [-0.2, -0.15) is 0 Å². The van der Waals surface area contributed by atoms with Crippen LogP contribution in [0, 0.1) is 10.1 Å². The van der Waals surface area contributed by atoms with E-state index in [1.807, 2.05) is 0 Å². The summed E-state index contributed by atoms with van der Waals surface area (Å²) in [6.45, 7) is 0. The molecule has 0 saturated carbocycles. The van der Waals surface area contributed by atoms with Crippen molar-refractivity contribution >= 4 is 34.9 Å². The van der Waals surface area contributed by atoms with E-state index in [9.17, 15) is 14.9 Å². The number of non-ortho nitro benzene ring substituents is 1. The first-order valence-electron chi connectivity index (χ1n) is 4.12. The Morgan fingerprint density at radius 1 is 1.56 bits per heavy atom. The van der Waals surface area contributed by atoms with Gasteiger partial charge in [-0.1, -0.05) is 11.6 Å². The predicted octanol–water partition coefficient (Wildman–Crippen LogP) is 2.77. The number of alkyl halides is 1. The number of nitro groups is 1. The van der Waals surface area contributed by atoms with Gasteiger partial charge >= 0.3 is 5.97 Å². The second kappa shape index (κ2) is 5.14. The normalized spacial score (nSPS) is 9.94. The fraction of sp³-hybridized carbons (Fsp3) is 0.222. The van der Waals surface area contributed by atoms with Crippen molar-refractivity contribution in [2.75, 3.05) is 7.11 Å². The van der Waals surface area contributed by atoms with Gasteiger partial charge in [-0.25, -0.2) is 4.79 Å². The second-order valence-corrected chi connectivity index (χ2v) is 3.52. The Hall–Kier alpha value is -1.33. The summed E-state index contributed by atoms with van der Waals surface area (Å²) in [5, 5.41) is 10.5. The largest absolute Gasteiger partial charge is 0.465 e. The maximum absolute atomic E-state index is 11.4. The molecule has 0 spiro atoms. The highest BCUT2D eigenvalue weighted by molar-refractivity contribution is 6.34. The summed E-state index contributed by atoms with van der Waals surface area (Å²) in [4.78, 5) is 21.3. The number of rotatable bonds is 3. The molecule has 1 aromatic rings. The highest BCUT2D eigenvalue weighted by Crippen LogP contribution is 2.28. The molecule has 0 aliphatic carbocycles. The van der Waals surface area contributed by atoms with Crippen LogP contribution in [0.2, 0.25) is 5.02 Å². The van der Waals surface area contributed by atoms with E-state index in [-0.39, 0.29) is 27.7 Å². The van der Waals surface area contributed by atoms with Crippen LogP contribution in [0.3, 0.4) is 0 Å². The molecule has 5 nitrogen and oxygen atoms in total. The van der Waals surface area contributed by atoms with E-state index in [2.05, 4.69) is 4.74 Å². The Kier molecular flexibility index (Phi) is 4.09. The molecule has 0 aromatic heterocycles. The SMILES string of the molecule is COC(=O)c1c(Cl)cc([N+](=O)[O-])cc1CCl. The number of methoxy groups -OCH3 is 1. The van der Waals surface area contributed by atoms with Gasteiger partial charge in [0.25, 0.3) is 5.69 Å². The first-order valence-corrected chi connectivity index (χ1v) is 5.03. The summed E-state index contributed by atoms with van der Waals surface area (Å²) in [5.41, 5.74) is 0.116. The summed E-state index contributed by atoms with van der Waals surface area (Å²) >= 11 is 11.4. The molecule has 1 rings (SSSR count). The van der Waals surface area contributed by atoms with Gasteiger partial charge in [0, 0.05) is 18.0 Å². The van der Waals surface area contributed by atoms with E-state index in [4.69, 9.17) is 23.2 Å². The van der Waals surface area contributed by atoms with E-state index < -0.39 is 10.9 Å². The average Bonchev–Trinajstić information content (AvgIpc) is 2.26. The standard InChI is InChI=1S/C9H7Cl2NO4/c1-16-9(13)8-5(4-10)2-6(12(14)15)3-7(8)11/h2-3H,4H2,1H3. The number of benzene rings is 1. The smallest absolute Gasteiger partial charge is 0.339 e. The van der Waals surface area contributed by atoms with Crippen molar-refractivity contribution in [3.05, 3.63) is 38.4 Å². The molecule has 0 radical (unpaired) electrons. The number of halogens is 2. The third kappa shape index (κ3) is 2.43. The Morgan fingerprint density at radius 2 is 2.19 bits per heavy atom. The zero-order valence-corrected chi connectivity index (χ0v) is 9.71. The zero-order chi connectivity index (χ0) is 12.3. The van der Waals surface area contributed by atoms with Crippen LogP contribution in [0.5, 0.6) is 0 Å². The number of carbonyl (C=O) groups excluding carboxylic acids is 1. The quantitative estimate of drug-likeness (QED) is 0.364. The van der Waals surface area contributed by atoms with Gasteiger partial charge in [-0.05, 0) is 5.56 Å². The monoisotopic (exact) mass is 263 g/mol. The lowest BCUT2D eigenvalue weighted by atomic mass is 10.1. The van der Waals surface area contributed by atoms with Crippen molar-refractivity contribution in [2.24, 2.45) is 0 Å². The second-order valence-electron chi connectivity index (χ2n) is 2.84. The van der Waals surface area contributed by atoms with Crippen LogP contribution < -0.4 is 0 Å². The lowest BCUT2D eigenvalue weighted by Crippen LogP contribution is -2.06. The van der Waals surface area contributed by atoms with Crippen LogP contribution in [0.1, 0.15) is 15.9 Å². The molecule has 0 heterocycles. The maximum atomic E-state index is 11.4. The molecule has 0 atom stereocenters. The summed E-state index contributed by atoms with van der Waals surface area (Å²) in [5.74, 6) is -0.734. The van der Waals surface area contributed by atoms with Gasteiger partial charge in [0.2, 0.25) is 0 Å². The fourth-order valence-electron chi connectivity index (χ4n) is 1.19. The fourth-order valence-corrected chi connectivity index (χ4v) is 1.71. The van der Waals surface area contributed by atoms with Crippen molar-refractivity contribution < 1.29 is 14.5 Å². The maximum Gasteiger partial charge on any atom is 0.339 e. The van der Waals surface area contributed by atoms with Crippen molar-refractivity contribution in [1.29, 1.82) is 0 Å². The van der Waals surface area contributed by atoms with Crippen LogP contribution >= 0.6 is 23.2 Å². The molecule has 0 aliphatic heterocycles. The van der Waals surface area contributed by atoms with Crippen molar-refractivity contribution in [1.82, 2.24) is 0 Å². The minimum Gasteiger partial charge on any atom is -0.465 e. The van der Waals surface area contributed by atoms with Gasteiger partial charge in [-0.15, -0.1) is 11.6 Å². The summed E-state index contributed by atoms with van der Waals surface area (Å²) in [6.07, 6.45) is 0. The molecule has 86 valence electrons. The predicted molar refractivity (Wildman–Crippen MR) is 59.0 cm³/mol. The van der Waals surface area contributed by atoms with E-state index in [0.717, 1.165) is 6.07 Å². The molecule has 0 amide bonds. The molecule has 0 unspecified atom stereocenters. The van der Waals surface area contributed by atoms with Gasteiger partial charge in [0.15, 0.2) is 0 Å². The van der Waals surface area contributed by atoms with Gasteiger partial charge in [0.05, 0.1) is 22.6 Å². The number of esters is 1. The Labute approximate surface area is 101 Å². The molecule has 0 bridgehead atoms. The van der Waals surface area contributed by atoms with E-state index >= 15 is 0 Å². The van der Waals surface area contributed by atoms with Crippen LogP contribution in [0.15, 0.2) is 12.1 Å². The molecule has 0 saturated heterocycles. The zero-order valence-electron chi connectivity index (χ0n) is 8.20. The number of nitrogens with zero attached hydrogens (tertiary/aromatic N) is 1. The van der Waals surface area contributed by atoms with Crippen molar-refractivity contribution in [2.45, 2.75) is 5.88 Å². The summed E-state index contributed by atoms with van der Waals surface area (Å²) in [7, 11) is 1.19. The molecule has 0 N–H and O–H groups in total. The lowest BCUT2D eigenvalue weighted by molar-refractivity contribution is -0.384. The van der Waals surface area contributed by atoms with Gasteiger partial charge < -0.3 is 4.74 Å². The molecular weight excluding hydrogens is 257 g/mol. The average molecular weight is 264 g/mol. The molecule has 0 fully saturated rings. The lowest BCUT2D eigenvalue weighted by Gasteiger charge is -2.07. The van der Waals surface area contributed by atoms with Crippen LogP contribution in [-0.4, -0.2) is 18.0 Å². The minimum absolute atomic E-state index is 0.0447. The summed E-state index contributed by atoms with van der Waals surface area (Å²) in [6, 6.07) is 2.29. The number of hydrogen-bond acceptors (Lipinski definition) is 4. The van der Waals surface area contributed by atoms with E-state index in [1.54, 1.807) is 0 Å². The number of nitro benzene ring substituents is 1. The molecule has 7 heteroatoms. The van der Waals surface area contributed by atoms with Crippen LogP contribution in [0.25, 0.3) is 0 Å². The highest BCUT2D eigenvalue weighted by atomic mass is 35.5. The van der Waals surface area contributed by atoms with Gasteiger partial charge in [0.1, 0.15) is 0 Å². The van der Waals surface area contributed by atoms with Crippen LogP contribution in [-0.2, 0) is 10.6 Å². The minimum atomic E-state index is -0.671. The number of hydrogen-bond donors (Lipinski definition) is 0. The first-order chi connectivity index (χ1) is 7.51. The molecular formula is C9H7Cl2NO4. The van der Waals surface area contributed by atoms with Crippen molar-refractivity contribution in [3.63, 3.8) is 0 Å². The Balaban J connectivity index is 3.40. The first kappa shape index (κ1) is 12.7. The summed E-state index contributed by atoms with van der Waals surface area (Å²) < 4.78 is 4.51. The van der Waals surface area contributed by atoms with E-state index in [1.165, 1.54) is 13.2 Å². The Bertz CT molecular complexity index is 447. The van der Waals surface area contributed by atoms with Crippen molar-refractivity contribution in [3.8, 4) is 0 Å². The third-order valence-electron chi connectivity index (χ3n) is 1.90.